The average Bonchev–Trinajstić information content (AvgIpc) is 2.84. The first kappa shape index (κ1) is 20.7. The van der Waals surface area contributed by atoms with Gasteiger partial charge in [-0.2, -0.15) is 0 Å². The molecule has 1 saturated heterocycles. The van der Waals surface area contributed by atoms with Crippen LogP contribution in [0.15, 0.2) is 21.5 Å². The number of nitrogens with zero attached hydrogens (tertiary/aromatic N) is 1. The molecule has 0 unspecified atom stereocenters. The van der Waals surface area contributed by atoms with Crippen molar-refractivity contribution in [2.24, 2.45) is 0 Å². The van der Waals surface area contributed by atoms with Gasteiger partial charge in [-0.05, 0) is 52.5 Å². The van der Waals surface area contributed by atoms with Crippen LogP contribution in [-0.2, 0) is 9.59 Å². The molecule has 0 saturated carbocycles. The molecule has 1 fully saturated rings. The maximum Gasteiger partial charge on any atom is 0.303 e. The van der Waals surface area contributed by atoms with Gasteiger partial charge in [-0.3, -0.25) is 14.5 Å². The molecule has 0 atom stereocenters. The van der Waals surface area contributed by atoms with E-state index in [-0.39, 0.29) is 18.1 Å². The Kier molecular flexibility index (Phi) is 7.48. The number of carboxylic acid groups (broad SMARTS) is 1. The highest BCUT2D eigenvalue weighted by Crippen LogP contribution is 2.38. The van der Waals surface area contributed by atoms with Crippen LogP contribution in [-0.4, -0.2) is 45.0 Å². The molecule has 9 heteroatoms. The zero-order chi connectivity index (χ0) is 19.3. The van der Waals surface area contributed by atoms with Gasteiger partial charge in [0.1, 0.15) is 4.32 Å². The lowest BCUT2D eigenvalue weighted by Gasteiger charge is -2.13. The van der Waals surface area contributed by atoms with Gasteiger partial charge in [0.2, 0.25) is 0 Å². The summed E-state index contributed by atoms with van der Waals surface area (Å²) < 4.78 is 6.07. The highest BCUT2D eigenvalue weighted by atomic mass is 79.9. The zero-order valence-corrected chi connectivity index (χ0v) is 17.2. The van der Waals surface area contributed by atoms with E-state index in [1.54, 1.807) is 23.1 Å². The lowest BCUT2D eigenvalue weighted by Crippen LogP contribution is -2.29. The molecule has 1 aliphatic heterocycles. The quantitative estimate of drug-likeness (QED) is 0.344. The molecule has 2 rings (SSSR count). The fourth-order valence-corrected chi connectivity index (χ4v) is 4.17. The van der Waals surface area contributed by atoms with Crippen molar-refractivity contribution < 1.29 is 24.5 Å². The highest BCUT2D eigenvalue weighted by Gasteiger charge is 2.31. The number of aromatic hydroxyl groups is 1. The molecule has 0 aromatic heterocycles. The Morgan fingerprint density at radius 3 is 2.77 bits per heavy atom. The van der Waals surface area contributed by atoms with Crippen LogP contribution in [0.2, 0.25) is 0 Å². The van der Waals surface area contributed by atoms with Gasteiger partial charge in [-0.15, -0.1) is 0 Å². The number of amides is 1. The van der Waals surface area contributed by atoms with Crippen LogP contribution < -0.4 is 4.74 Å². The van der Waals surface area contributed by atoms with Crippen molar-refractivity contribution in [3.63, 3.8) is 0 Å². The lowest BCUT2D eigenvalue weighted by atomic mass is 10.1. The second-order valence-electron chi connectivity index (χ2n) is 5.59. The van der Waals surface area contributed by atoms with Crippen LogP contribution in [0.1, 0.15) is 31.2 Å². The van der Waals surface area contributed by atoms with Crippen LogP contribution >= 0.6 is 39.9 Å². The highest BCUT2D eigenvalue weighted by molar-refractivity contribution is 9.10. The van der Waals surface area contributed by atoms with E-state index in [1.807, 2.05) is 0 Å². The maximum absolute atomic E-state index is 12.6. The van der Waals surface area contributed by atoms with E-state index in [0.717, 1.165) is 6.42 Å². The number of halogens is 1. The molecule has 2 N–H and O–H groups in total. The number of hydrogen-bond donors (Lipinski definition) is 2. The van der Waals surface area contributed by atoms with Gasteiger partial charge in [-0.25, -0.2) is 0 Å². The van der Waals surface area contributed by atoms with Gasteiger partial charge in [0.05, 0.1) is 16.5 Å². The van der Waals surface area contributed by atoms with E-state index in [2.05, 4.69) is 15.9 Å². The molecule has 1 aromatic carbocycles. The van der Waals surface area contributed by atoms with Crippen molar-refractivity contribution in [2.45, 2.75) is 25.7 Å². The Labute approximate surface area is 169 Å². The Bertz CT molecular complexity index is 766. The van der Waals surface area contributed by atoms with Crippen molar-refractivity contribution in [2.75, 3.05) is 13.7 Å². The van der Waals surface area contributed by atoms with Gasteiger partial charge in [0.15, 0.2) is 11.5 Å². The molecule has 6 nitrogen and oxygen atoms in total. The van der Waals surface area contributed by atoms with E-state index < -0.39 is 5.97 Å². The summed E-state index contributed by atoms with van der Waals surface area (Å²) in [4.78, 5) is 25.1. The first-order valence-electron chi connectivity index (χ1n) is 7.87. The molecule has 1 aliphatic rings. The molecule has 1 amide bonds. The number of carbonyl (C=O) groups is 2. The lowest BCUT2D eigenvalue weighted by molar-refractivity contribution is -0.137. The van der Waals surface area contributed by atoms with Gasteiger partial charge in [-0.1, -0.05) is 30.4 Å². The largest absolute Gasteiger partial charge is 0.503 e. The SMILES string of the molecule is COc1cc(/C=C2\SC(=S)N(CCCCCC(=O)O)C2=O)cc(Br)c1O. The average molecular weight is 460 g/mol. The Balaban J connectivity index is 2.05. The summed E-state index contributed by atoms with van der Waals surface area (Å²) in [5.41, 5.74) is 0.702. The van der Waals surface area contributed by atoms with Crippen LogP contribution in [0.25, 0.3) is 6.08 Å². The fourth-order valence-electron chi connectivity index (χ4n) is 2.40. The number of phenols is 1. The van der Waals surface area contributed by atoms with Crippen LogP contribution in [0.5, 0.6) is 11.5 Å². The topological polar surface area (TPSA) is 87.1 Å². The van der Waals surface area contributed by atoms with E-state index in [0.29, 0.717) is 44.4 Å². The number of thioether (sulfide) groups is 1. The molecular formula is C17H18BrNO5S2. The molecule has 0 spiro atoms. The van der Waals surface area contributed by atoms with Crippen molar-refractivity contribution in [3.8, 4) is 11.5 Å². The number of thiocarbonyl (C=S) groups is 1. The Morgan fingerprint density at radius 2 is 2.12 bits per heavy atom. The number of unbranched alkanes of at least 4 members (excludes halogenated alkanes) is 2. The molecule has 1 aromatic rings. The third-order valence-electron chi connectivity index (χ3n) is 3.71. The summed E-state index contributed by atoms with van der Waals surface area (Å²) in [6.45, 7) is 0.476. The number of carbonyl (C=O) groups excluding carboxylic acids is 1. The van der Waals surface area contributed by atoms with Crippen molar-refractivity contribution in [3.05, 3.63) is 27.1 Å². The molecule has 1 heterocycles. The summed E-state index contributed by atoms with van der Waals surface area (Å²) in [6.07, 6.45) is 3.85. The minimum Gasteiger partial charge on any atom is -0.503 e. The summed E-state index contributed by atoms with van der Waals surface area (Å²) in [5.74, 6) is -0.673. The molecule has 26 heavy (non-hydrogen) atoms. The first-order valence-corrected chi connectivity index (χ1v) is 9.89. The number of methoxy groups -OCH3 is 1. The maximum atomic E-state index is 12.6. The monoisotopic (exact) mass is 459 g/mol. The predicted octanol–water partition coefficient (Wildman–Crippen LogP) is 4.01. The second-order valence-corrected chi connectivity index (χ2v) is 8.12. The van der Waals surface area contributed by atoms with Gasteiger partial charge >= 0.3 is 5.97 Å². The van der Waals surface area contributed by atoms with Gasteiger partial charge in [0, 0.05) is 13.0 Å². The number of benzene rings is 1. The minimum atomic E-state index is -0.811. The molecule has 0 bridgehead atoms. The number of ether oxygens (including phenoxy) is 1. The van der Waals surface area contributed by atoms with E-state index in [9.17, 15) is 14.7 Å². The third kappa shape index (κ3) is 5.21. The van der Waals surface area contributed by atoms with Gasteiger partial charge < -0.3 is 14.9 Å². The summed E-state index contributed by atoms with van der Waals surface area (Å²) in [7, 11) is 1.45. The predicted molar refractivity (Wildman–Crippen MR) is 108 cm³/mol. The number of aliphatic carboxylic acids is 1. The second kappa shape index (κ2) is 9.38. The van der Waals surface area contributed by atoms with Crippen LogP contribution in [0.3, 0.4) is 0 Å². The van der Waals surface area contributed by atoms with Crippen LogP contribution in [0, 0.1) is 0 Å². The zero-order valence-electron chi connectivity index (χ0n) is 14.0. The van der Waals surface area contributed by atoms with E-state index >= 15 is 0 Å². The number of phenolic OH excluding ortho intramolecular Hbond substituents is 1. The van der Waals surface area contributed by atoms with Gasteiger partial charge in [0.25, 0.3) is 5.91 Å². The smallest absolute Gasteiger partial charge is 0.303 e. The molecule has 140 valence electrons. The fraction of sp³-hybridized carbons (Fsp3) is 0.353. The summed E-state index contributed by atoms with van der Waals surface area (Å²) >= 11 is 9.77. The summed E-state index contributed by atoms with van der Waals surface area (Å²) in [5, 5.41) is 18.5. The molecular weight excluding hydrogens is 442 g/mol. The molecule has 0 radical (unpaired) electrons. The third-order valence-corrected chi connectivity index (χ3v) is 5.70. The minimum absolute atomic E-state index is 0.00133. The number of hydrogen-bond acceptors (Lipinski definition) is 6. The van der Waals surface area contributed by atoms with Crippen molar-refractivity contribution in [1.29, 1.82) is 0 Å². The number of carboxylic acids is 1. The first-order chi connectivity index (χ1) is 12.3. The molecule has 0 aliphatic carbocycles. The Hall–Kier alpha value is -1.58. The van der Waals surface area contributed by atoms with Crippen molar-refractivity contribution in [1.82, 2.24) is 4.90 Å². The van der Waals surface area contributed by atoms with E-state index in [1.165, 1.54) is 18.9 Å². The van der Waals surface area contributed by atoms with E-state index in [4.69, 9.17) is 22.1 Å². The number of rotatable bonds is 8. The summed E-state index contributed by atoms with van der Waals surface area (Å²) in [6, 6.07) is 3.33. The normalized spacial score (nSPS) is 15.8. The van der Waals surface area contributed by atoms with Crippen molar-refractivity contribution >= 4 is 62.2 Å². The standard InChI is InChI=1S/C17H18BrNO5S2/c1-24-12-8-10(7-11(18)15(12)22)9-13-16(23)19(17(25)26-13)6-4-2-3-5-14(20)21/h7-9,22H,2-6H2,1H3,(H,20,21)/b13-9-. The van der Waals surface area contributed by atoms with Crippen LogP contribution in [0.4, 0.5) is 0 Å². The Morgan fingerprint density at radius 1 is 1.38 bits per heavy atom.